The number of benzene rings is 3. The van der Waals surface area contributed by atoms with Gasteiger partial charge in [0.05, 0.1) is 6.10 Å². The maximum absolute atomic E-state index is 12.1. The molecule has 4 aromatic rings. The number of fused-ring (bicyclic) bond motifs is 1. The Morgan fingerprint density at radius 1 is 1.09 bits per heavy atom. The third kappa shape index (κ3) is 4.95. The van der Waals surface area contributed by atoms with E-state index in [2.05, 4.69) is 10.2 Å². The fraction of sp³-hybridized carbons (Fsp3) is 0.125. The summed E-state index contributed by atoms with van der Waals surface area (Å²) < 4.78 is 11.6. The van der Waals surface area contributed by atoms with E-state index in [-0.39, 0.29) is 22.1 Å². The third-order valence-electron chi connectivity index (χ3n) is 4.47. The molecule has 0 atom stereocenters. The number of rotatable bonds is 7. The van der Waals surface area contributed by atoms with Gasteiger partial charge in [0, 0.05) is 16.1 Å². The Morgan fingerprint density at radius 2 is 1.84 bits per heavy atom. The van der Waals surface area contributed by atoms with E-state index in [0.717, 1.165) is 22.5 Å². The van der Waals surface area contributed by atoms with Gasteiger partial charge in [-0.3, -0.25) is 0 Å². The Labute approximate surface area is 193 Å². The zero-order valence-corrected chi connectivity index (χ0v) is 18.9. The largest absolute Gasteiger partial charge is 0.490 e. The lowest BCUT2D eigenvalue weighted by Crippen LogP contribution is -2.07. The monoisotopic (exact) mass is 466 g/mol. The van der Waals surface area contributed by atoms with Crippen molar-refractivity contribution in [3.63, 3.8) is 0 Å². The summed E-state index contributed by atoms with van der Waals surface area (Å²) in [6, 6.07) is 18.5. The topological polar surface area (TPSA) is 85.5 Å². The number of carboxylic acid groups (broad SMARTS) is 1. The van der Waals surface area contributed by atoms with Crippen LogP contribution in [0, 0.1) is 0 Å². The van der Waals surface area contributed by atoms with Crippen molar-refractivity contribution >= 4 is 46.2 Å². The average molecular weight is 467 g/mol. The number of hydrogen-bond donors (Lipinski definition) is 1. The summed E-state index contributed by atoms with van der Waals surface area (Å²) in [5.41, 5.74) is 1.37. The van der Waals surface area contributed by atoms with Crippen molar-refractivity contribution in [3.8, 4) is 17.2 Å². The van der Waals surface area contributed by atoms with Crippen molar-refractivity contribution in [2.75, 3.05) is 0 Å². The first-order valence-electron chi connectivity index (χ1n) is 9.81. The van der Waals surface area contributed by atoms with E-state index < -0.39 is 5.97 Å². The molecule has 0 spiro atoms. The summed E-state index contributed by atoms with van der Waals surface area (Å²) in [5, 5.41) is 20.4. The van der Waals surface area contributed by atoms with Crippen LogP contribution in [0.25, 0.3) is 28.3 Å². The third-order valence-corrected chi connectivity index (χ3v) is 5.58. The van der Waals surface area contributed by atoms with Crippen LogP contribution in [-0.4, -0.2) is 27.4 Å². The number of hydrogen-bond acceptors (Lipinski definition) is 6. The van der Waals surface area contributed by atoms with Crippen LogP contribution in [-0.2, 0) is 4.79 Å². The van der Waals surface area contributed by atoms with Crippen LogP contribution >= 0.6 is 23.4 Å². The number of nitrogens with zero attached hydrogens (tertiary/aromatic N) is 2. The molecule has 8 heteroatoms. The van der Waals surface area contributed by atoms with Gasteiger partial charge in [-0.25, -0.2) is 4.79 Å². The maximum Gasteiger partial charge on any atom is 0.342 e. The summed E-state index contributed by atoms with van der Waals surface area (Å²) in [5.74, 6) is -0.224. The second kappa shape index (κ2) is 9.46. The van der Waals surface area contributed by atoms with E-state index in [9.17, 15) is 9.90 Å². The van der Waals surface area contributed by atoms with E-state index in [1.807, 2.05) is 50.2 Å². The zero-order valence-electron chi connectivity index (χ0n) is 17.3. The molecule has 0 radical (unpaired) electrons. The summed E-state index contributed by atoms with van der Waals surface area (Å²) in [6.45, 7) is 3.85. The quantitative estimate of drug-likeness (QED) is 0.244. The van der Waals surface area contributed by atoms with Gasteiger partial charge in [-0.2, -0.15) is 0 Å². The fourth-order valence-electron chi connectivity index (χ4n) is 3.10. The Kier molecular flexibility index (Phi) is 6.48. The summed E-state index contributed by atoms with van der Waals surface area (Å²) in [6.07, 6.45) is 1.52. The first-order chi connectivity index (χ1) is 15.4. The molecule has 0 aliphatic carbocycles. The molecule has 0 unspecified atom stereocenters. The molecule has 0 aliphatic rings. The van der Waals surface area contributed by atoms with Crippen molar-refractivity contribution in [1.82, 2.24) is 10.2 Å². The summed E-state index contributed by atoms with van der Waals surface area (Å²) >= 11 is 6.80. The highest BCUT2D eigenvalue weighted by Gasteiger charge is 2.18. The molecule has 4 rings (SSSR count). The number of aromatic nitrogens is 2. The second-order valence-corrected chi connectivity index (χ2v) is 8.59. The highest BCUT2D eigenvalue weighted by atomic mass is 35.5. The SMILES string of the molecule is CC(C)Oc1ccc2ccccc2c1/C=C(\Sc1nnc(-c2ccc(Cl)cc2)o1)C(=O)O. The van der Waals surface area contributed by atoms with Gasteiger partial charge in [-0.15, -0.1) is 10.2 Å². The van der Waals surface area contributed by atoms with E-state index in [1.165, 1.54) is 0 Å². The second-order valence-electron chi connectivity index (χ2n) is 7.16. The Balaban J connectivity index is 1.72. The molecule has 162 valence electrons. The van der Waals surface area contributed by atoms with E-state index >= 15 is 0 Å². The highest BCUT2D eigenvalue weighted by molar-refractivity contribution is 8.03. The lowest BCUT2D eigenvalue weighted by Gasteiger charge is -2.15. The molecule has 3 aromatic carbocycles. The first kappa shape index (κ1) is 21.9. The molecule has 0 saturated heterocycles. The lowest BCUT2D eigenvalue weighted by molar-refractivity contribution is -0.131. The molecule has 32 heavy (non-hydrogen) atoms. The van der Waals surface area contributed by atoms with Crippen molar-refractivity contribution in [2.24, 2.45) is 0 Å². The van der Waals surface area contributed by atoms with Crippen LogP contribution in [0.2, 0.25) is 5.02 Å². The molecule has 0 fully saturated rings. The smallest absolute Gasteiger partial charge is 0.342 e. The van der Waals surface area contributed by atoms with Crippen LogP contribution in [0.1, 0.15) is 19.4 Å². The van der Waals surface area contributed by atoms with Crippen LogP contribution < -0.4 is 4.74 Å². The predicted octanol–water partition coefficient (Wildman–Crippen LogP) is 6.55. The number of ether oxygens (including phenoxy) is 1. The molecule has 0 amide bonds. The minimum atomic E-state index is -1.11. The molecule has 6 nitrogen and oxygen atoms in total. The van der Waals surface area contributed by atoms with Crippen LogP contribution in [0.4, 0.5) is 0 Å². The molecular weight excluding hydrogens is 448 g/mol. The minimum absolute atomic E-state index is 0.0289. The number of halogens is 1. The molecule has 0 saturated carbocycles. The van der Waals surface area contributed by atoms with Gasteiger partial charge in [0.2, 0.25) is 5.89 Å². The standard InChI is InChI=1S/C24H19ClN2O4S/c1-14(2)30-20-12-9-15-5-3-4-6-18(15)19(20)13-21(23(28)29)32-24-27-26-22(31-24)16-7-10-17(25)11-8-16/h3-14H,1-2H3,(H,28,29)/b21-13-. The van der Waals surface area contributed by atoms with E-state index in [0.29, 0.717) is 21.9 Å². The van der Waals surface area contributed by atoms with Crippen molar-refractivity contribution in [3.05, 3.63) is 76.2 Å². The zero-order chi connectivity index (χ0) is 22.7. The first-order valence-corrected chi connectivity index (χ1v) is 11.0. The maximum atomic E-state index is 12.1. The summed E-state index contributed by atoms with van der Waals surface area (Å²) in [7, 11) is 0. The number of carbonyl (C=O) groups is 1. The van der Waals surface area contributed by atoms with Gasteiger partial charge in [-0.05, 0) is 72.8 Å². The lowest BCUT2D eigenvalue weighted by atomic mass is 10.0. The molecule has 0 bridgehead atoms. The predicted molar refractivity (Wildman–Crippen MR) is 126 cm³/mol. The average Bonchev–Trinajstić information content (AvgIpc) is 3.23. The van der Waals surface area contributed by atoms with Gasteiger partial charge >= 0.3 is 5.97 Å². The Hall–Kier alpha value is -3.29. The molecule has 0 aliphatic heterocycles. The fourth-order valence-corrected chi connectivity index (χ4v) is 3.88. The summed E-state index contributed by atoms with van der Waals surface area (Å²) in [4.78, 5) is 12.1. The highest BCUT2D eigenvalue weighted by Crippen LogP contribution is 2.35. The van der Waals surface area contributed by atoms with Gasteiger partial charge < -0.3 is 14.3 Å². The van der Waals surface area contributed by atoms with Crippen LogP contribution in [0.3, 0.4) is 0 Å². The Bertz CT molecular complexity index is 1300. The molecule has 1 N–H and O–H groups in total. The van der Waals surface area contributed by atoms with Gasteiger partial charge in [0.15, 0.2) is 0 Å². The molecule has 1 heterocycles. The Morgan fingerprint density at radius 3 is 2.56 bits per heavy atom. The number of aliphatic carboxylic acids is 1. The minimum Gasteiger partial charge on any atom is -0.490 e. The normalized spacial score (nSPS) is 11.8. The van der Waals surface area contributed by atoms with E-state index in [1.54, 1.807) is 30.3 Å². The van der Waals surface area contributed by atoms with Gasteiger partial charge in [-0.1, -0.05) is 41.9 Å². The van der Waals surface area contributed by atoms with Gasteiger partial charge in [0.25, 0.3) is 5.22 Å². The number of thioether (sulfide) groups is 1. The van der Waals surface area contributed by atoms with E-state index in [4.69, 9.17) is 20.8 Å². The molecule has 1 aromatic heterocycles. The van der Waals surface area contributed by atoms with Crippen LogP contribution in [0.5, 0.6) is 5.75 Å². The van der Waals surface area contributed by atoms with Crippen LogP contribution in [0.15, 0.2) is 75.2 Å². The molecular formula is C24H19ClN2O4S. The van der Waals surface area contributed by atoms with Crippen molar-refractivity contribution < 1.29 is 19.1 Å². The van der Waals surface area contributed by atoms with Gasteiger partial charge in [0.1, 0.15) is 10.7 Å². The van der Waals surface area contributed by atoms with Crippen molar-refractivity contribution in [1.29, 1.82) is 0 Å². The number of carboxylic acids is 1. The van der Waals surface area contributed by atoms with Crippen molar-refractivity contribution in [2.45, 2.75) is 25.2 Å².